The molecule has 1 aromatic carbocycles. The quantitative estimate of drug-likeness (QED) is 0.350. The minimum absolute atomic E-state index is 0.0586. The molecule has 2 aromatic heterocycles. The molecular formula is C26H31N3O6S2. The zero-order valence-electron chi connectivity index (χ0n) is 21.1. The molecule has 0 radical (unpaired) electrons. The van der Waals surface area contributed by atoms with Crippen LogP contribution in [0.3, 0.4) is 0 Å². The number of hydrogen-bond donors (Lipinski definition) is 2. The van der Waals surface area contributed by atoms with Crippen LogP contribution in [0.2, 0.25) is 0 Å². The maximum Gasteiger partial charge on any atom is 0.245 e. The van der Waals surface area contributed by atoms with Crippen molar-refractivity contribution in [2.24, 2.45) is 5.41 Å². The Labute approximate surface area is 220 Å². The molecule has 4 rings (SSSR count). The van der Waals surface area contributed by atoms with Gasteiger partial charge in [0, 0.05) is 34.8 Å². The number of thiophene rings is 1. The summed E-state index contributed by atoms with van der Waals surface area (Å²) in [6.45, 7) is 6.15. The zero-order chi connectivity index (χ0) is 26.8. The lowest BCUT2D eigenvalue weighted by Crippen LogP contribution is -2.41. The van der Waals surface area contributed by atoms with E-state index >= 15 is 0 Å². The molecule has 1 atom stereocenters. The Balaban J connectivity index is 1.67. The molecule has 1 fully saturated rings. The molecule has 0 spiro atoms. The van der Waals surface area contributed by atoms with Gasteiger partial charge in [0.15, 0.2) is 22.0 Å². The molecule has 37 heavy (non-hydrogen) atoms. The monoisotopic (exact) mass is 545 g/mol. The number of oxazole rings is 1. The number of hydrogen-bond acceptors (Lipinski definition) is 8. The number of hydroxylamine groups is 1. The first kappa shape index (κ1) is 27.0. The highest BCUT2D eigenvalue weighted by Crippen LogP contribution is 2.45. The molecule has 1 saturated heterocycles. The average Bonchev–Trinajstić information content (AvgIpc) is 3.52. The molecular weight excluding hydrogens is 514 g/mol. The number of rotatable bonds is 6. The van der Waals surface area contributed by atoms with Gasteiger partial charge in [-0.3, -0.25) is 14.8 Å². The third kappa shape index (κ3) is 5.78. The lowest BCUT2D eigenvalue weighted by Gasteiger charge is -2.30. The van der Waals surface area contributed by atoms with Crippen molar-refractivity contribution in [2.75, 3.05) is 18.8 Å². The van der Waals surface area contributed by atoms with Crippen LogP contribution >= 0.6 is 11.3 Å². The van der Waals surface area contributed by atoms with Gasteiger partial charge in [-0.1, -0.05) is 45.0 Å². The Morgan fingerprint density at radius 1 is 1.14 bits per heavy atom. The van der Waals surface area contributed by atoms with Crippen molar-refractivity contribution in [1.82, 2.24) is 15.4 Å². The van der Waals surface area contributed by atoms with Crippen molar-refractivity contribution in [3.63, 3.8) is 0 Å². The van der Waals surface area contributed by atoms with E-state index in [0.29, 0.717) is 17.1 Å². The lowest BCUT2D eigenvalue weighted by molar-refractivity contribution is -0.132. The van der Waals surface area contributed by atoms with Crippen molar-refractivity contribution in [1.29, 1.82) is 0 Å². The van der Waals surface area contributed by atoms with Gasteiger partial charge < -0.3 is 9.32 Å². The van der Waals surface area contributed by atoms with Gasteiger partial charge in [0.05, 0.1) is 18.4 Å². The van der Waals surface area contributed by atoms with Crippen LogP contribution in [-0.4, -0.2) is 54.2 Å². The Bertz CT molecular complexity index is 1360. The number of nitrogens with one attached hydrogen (secondary N) is 1. The van der Waals surface area contributed by atoms with Gasteiger partial charge in [-0.2, -0.15) is 0 Å². The molecule has 0 bridgehead atoms. The summed E-state index contributed by atoms with van der Waals surface area (Å²) in [5.41, 5.74) is 3.11. The van der Waals surface area contributed by atoms with E-state index in [9.17, 15) is 23.2 Å². The van der Waals surface area contributed by atoms with E-state index in [1.54, 1.807) is 22.6 Å². The number of aromatic nitrogens is 1. The summed E-state index contributed by atoms with van der Waals surface area (Å²) in [7, 11) is -3.87. The molecule has 198 valence electrons. The first-order valence-corrected chi connectivity index (χ1v) is 14.4. The van der Waals surface area contributed by atoms with E-state index in [1.807, 2.05) is 51.1 Å². The smallest absolute Gasteiger partial charge is 0.245 e. The van der Waals surface area contributed by atoms with Crippen molar-refractivity contribution in [3.8, 4) is 21.8 Å². The van der Waals surface area contributed by atoms with Gasteiger partial charge in [0.2, 0.25) is 11.8 Å². The predicted molar refractivity (Wildman–Crippen MR) is 141 cm³/mol. The molecule has 3 aromatic rings. The third-order valence-electron chi connectivity index (χ3n) is 6.56. The highest BCUT2D eigenvalue weighted by atomic mass is 32.2. The van der Waals surface area contributed by atoms with Gasteiger partial charge in [0.25, 0.3) is 0 Å². The number of carbonyl (C=O) groups excluding carboxylic acids is 2. The van der Waals surface area contributed by atoms with Crippen LogP contribution in [0.25, 0.3) is 21.8 Å². The fourth-order valence-corrected chi connectivity index (χ4v) is 8.19. The summed E-state index contributed by atoms with van der Waals surface area (Å²) in [5.74, 6) is -0.517. The second-order valence-corrected chi connectivity index (χ2v) is 14.0. The van der Waals surface area contributed by atoms with E-state index in [0.717, 1.165) is 16.0 Å². The lowest BCUT2D eigenvalue weighted by atomic mass is 9.91. The maximum absolute atomic E-state index is 13.7. The summed E-state index contributed by atoms with van der Waals surface area (Å²) >= 11 is 1.30. The number of sulfone groups is 1. The third-order valence-corrected chi connectivity index (χ3v) is 10.5. The summed E-state index contributed by atoms with van der Waals surface area (Å²) in [6.07, 6.45) is 2.91. The van der Waals surface area contributed by atoms with Gasteiger partial charge in [-0.15, -0.1) is 11.3 Å². The second kappa shape index (κ2) is 10.4. The molecule has 0 saturated carbocycles. The average molecular weight is 546 g/mol. The zero-order valence-corrected chi connectivity index (χ0v) is 22.7. The van der Waals surface area contributed by atoms with Gasteiger partial charge >= 0.3 is 0 Å². The highest BCUT2D eigenvalue weighted by molar-refractivity contribution is 7.92. The van der Waals surface area contributed by atoms with E-state index < -0.39 is 26.9 Å². The fourth-order valence-electron chi connectivity index (χ4n) is 4.58. The minimum Gasteiger partial charge on any atom is -0.444 e. The summed E-state index contributed by atoms with van der Waals surface area (Å²) in [4.78, 5) is 32.1. The van der Waals surface area contributed by atoms with Crippen LogP contribution in [0.15, 0.2) is 53.4 Å². The summed E-state index contributed by atoms with van der Waals surface area (Å²) < 4.78 is 31.3. The van der Waals surface area contributed by atoms with E-state index in [1.165, 1.54) is 17.7 Å². The molecule has 0 unspecified atom stereocenters. The second-order valence-electron chi connectivity index (χ2n) is 10.5. The minimum atomic E-state index is -3.87. The normalized spacial score (nSPS) is 19.8. The molecule has 3 heterocycles. The van der Waals surface area contributed by atoms with Crippen LogP contribution in [0.4, 0.5) is 0 Å². The van der Waals surface area contributed by atoms with Gasteiger partial charge in [0.1, 0.15) is 4.75 Å². The number of carbonyl (C=O) groups is 2. The van der Waals surface area contributed by atoms with Crippen LogP contribution < -0.4 is 5.48 Å². The van der Waals surface area contributed by atoms with Crippen LogP contribution in [0.5, 0.6) is 0 Å². The van der Waals surface area contributed by atoms with Gasteiger partial charge in [-0.25, -0.2) is 18.9 Å². The van der Waals surface area contributed by atoms with Crippen LogP contribution in [-0.2, 0) is 24.2 Å². The first-order valence-electron chi connectivity index (χ1n) is 12.0. The molecule has 2 N–H and O–H groups in total. The predicted octanol–water partition coefficient (Wildman–Crippen LogP) is 4.24. The molecule has 1 aliphatic heterocycles. The van der Waals surface area contributed by atoms with E-state index in [2.05, 4.69) is 4.98 Å². The van der Waals surface area contributed by atoms with Crippen LogP contribution in [0.1, 0.15) is 44.9 Å². The van der Waals surface area contributed by atoms with Crippen molar-refractivity contribution >= 4 is 33.0 Å². The first-order chi connectivity index (χ1) is 17.4. The van der Waals surface area contributed by atoms with E-state index in [4.69, 9.17) is 4.42 Å². The SMILES string of the molecule is CC(C)(C)CC(=O)N1CC[C@](CC(=O)NO)(c2ccc(-c3ccc(-c4cnco4)cc3)s2)S(=O)(=O)CC1. The molecule has 11 heteroatoms. The number of benzene rings is 1. The number of amides is 2. The molecule has 9 nitrogen and oxygen atoms in total. The molecule has 1 aliphatic rings. The largest absolute Gasteiger partial charge is 0.444 e. The topological polar surface area (TPSA) is 130 Å². The van der Waals surface area contributed by atoms with Crippen molar-refractivity contribution in [3.05, 3.63) is 53.9 Å². The fraction of sp³-hybridized carbons (Fsp3) is 0.423. The number of nitrogens with zero attached hydrogens (tertiary/aromatic N) is 2. The molecule has 0 aliphatic carbocycles. The van der Waals surface area contributed by atoms with Gasteiger partial charge in [-0.05, 0) is 29.5 Å². The Hall–Kier alpha value is -3.02. The molecule has 2 amide bonds. The van der Waals surface area contributed by atoms with Crippen molar-refractivity contribution < 1.29 is 27.6 Å². The Morgan fingerprint density at radius 3 is 2.46 bits per heavy atom. The van der Waals surface area contributed by atoms with E-state index in [-0.39, 0.29) is 36.6 Å². The van der Waals surface area contributed by atoms with Crippen LogP contribution in [0, 0.1) is 5.41 Å². The maximum atomic E-state index is 13.7. The Kier molecular flexibility index (Phi) is 7.59. The summed E-state index contributed by atoms with van der Waals surface area (Å²) in [6, 6.07) is 11.2. The summed E-state index contributed by atoms with van der Waals surface area (Å²) in [5, 5.41) is 9.26. The highest BCUT2D eigenvalue weighted by Gasteiger charge is 2.50. The van der Waals surface area contributed by atoms with Crippen molar-refractivity contribution in [2.45, 2.75) is 44.8 Å². The standard InChI is InChI=1S/C26H31N3O6S2/c1-25(2,3)15-24(31)29-11-10-26(14-23(30)28-32,37(33,34)13-12-29)22-9-8-21(36-22)19-6-4-18(5-7-19)20-16-27-17-35-20/h4-9,16-17,32H,10-15H2,1-3H3,(H,28,30)/t26-/m0/s1. The Morgan fingerprint density at radius 2 is 1.84 bits per heavy atom.